The van der Waals surface area contributed by atoms with Gasteiger partial charge >= 0.3 is 0 Å². The van der Waals surface area contributed by atoms with Crippen LogP contribution < -0.4 is 4.74 Å². The number of hydrogen-bond donors (Lipinski definition) is 0. The van der Waals surface area contributed by atoms with Gasteiger partial charge in [-0.3, -0.25) is 9.78 Å². The monoisotopic (exact) mass is 351 g/mol. The number of rotatable bonds is 6. The number of halogens is 2. The molecule has 130 valence electrons. The Hall–Kier alpha value is -3.34. The minimum Gasteiger partial charge on any atom is -0.488 e. The first-order valence-electron chi connectivity index (χ1n) is 7.91. The van der Waals surface area contributed by atoms with Gasteiger partial charge in [0.2, 0.25) is 0 Å². The van der Waals surface area contributed by atoms with E-state index in [1.54, 1.807) is 30.6 Å². The van der Waals surface area contributed by atoms with Crippen LogP contribution in [0, 0.1) is 11.6 Å². The van der Waals surface area contributed by atoms with Gasteiger partial charge in [-0.05, 0) is 42.5 Å². The Balaban J connectivity index is 1.73. The first-order chi connectivity index (χ1) is 12.6. The van der Waals surface area contributed by atoms with Gasteiger partial charge in [0.05, 0.1) is 0 Å². The van der Waals surface area contributed by atoms with Crippen molar-refractivity contribution in [2.24, 2.45) is 0 Å². The Morgan fingerprint density at radius 2 is 1.88 bits per heavy atom. The largest absolute Gasteiger partial charge is 0.488 e. The van der Waals surface area contributed by atoms with Crippen LogP contribution in [-0.4, -0.2) is 10.8 Å². The number of ketones is 1. The van der Waals surface area contributed by atoms with Crippen LogP contribution in [0.25, 0.3) is 6.08 Å². The molecule has 0 saturated heterocycles. The zero-order valence-corrected chi connectivity index (χ0v) is 13.7. The zero-order chi connectivity index (χ0) is 18.4. The second kappa shape index (κ2) is 8.16. The molecule has 5 heteroatoms. The molecule has 0 spiro atoms. The van der Waals surface area contributed by atoms with E-state index in [1.807, 2.05) is 24.3 Å². The summed E-state index contributed by atoms with van der Waals surface area (Å²) in [5.74, 6) is -1.86. The summed E-state index contributed by atoms with van der Waals surface area (Å²) in [5.41, 5.74) is 1.70. The van der Waals surface area contributed by atoms with Crippen molar-refractivity contribution in [3.05, 3.63) is 101 Å². The third kappa shape index (κ3) is 4.39. The fraction of sp³-hybridized carbons (Fsp3) is 0.0476. The van der Waals surface area contributed by atoms with E-state index in [9.17, 15) is 13.6 Å². The lowest BCUT2D eigenvalue weighted by atomic mass is 10.1. The molecule has 1 heterocycles. The molecule has 0 unspecified atom stereocenters. The van der Waals surface area contributed by atoms with Crippen LogP contribution in [0.3, 0.4) is 0 Å². The number of benzene rings is 2. The summed E-state index contributed by atoms with van der Waals surface area (Å²) in [7, 11) is 0. The molecule has 0 amide bonds. The molecule has 0 aliphatic carbocycles. The van der Waals surface area contributed by atoms with Crippen molar-refractivity contribution in [3.63, 3.8) is 0 Å². The maximum Gasteiger partial charge on any atom is 0.185 e. The standard InChI is InChI=1S/C21H15F2NO2/c22-18-9-7-17(12-19(18)23)20(25)10-8-16-5-1-2-6-21(16)26-14-15-4-3-11-24-13-15/h1-13H,14H2/b10-8+. The predicted molar refractivity (Wildman–Crippen MR) is 94.7 cm³/mol. The number of aromatic nitrogens is 1. The first kappa shape index (κ1) is 17.5. The molecule has 0 N–H and O–H groups in total. The minimum atomic E-state index is -1.05. The number of ether oxygens (including phenoxy) is 1. The molecule has 3 aromatic rings. The van der Waals surface area contributed by atoms with E-state index in [0.717, 1.165) is 17.7 Å². The van der Waals surface area contributed by atoms with E-state index < -0.39 is 17.4 Å². The van der Waals surface area contributed by atoms with Crippen LogP contribution in [0.4, 0.5) is 8.78 Å². The average Bonchev–Trinajstić information content (AvgIpc) is 2.68. The lowest BCUT2D eigenvalue weighted by Crippen LogP contribution is -1.98. The topological polar surface area (TPSA) is 39.2 Å². The number of hydrogen-bond acceptors (Lipinski definition) is 3. The van der Waals surface area contributed by atoms with Gasteiger partial charge in [0, 0.05) is 29.1 Å². The van der Waals surface area contributed by atoms with Crippen molar-refractivity contribution in [1.82, 2.24) is 4.98 Å². The van der Waals surface area contributed by atoms with Gasteiger partial charge in [0.1, 0.15) is 12.4 Å². The number of carbonyl (C=O) groups is 1. The molecular weight excluding hydrogens is 336 g/mol. The van der Waals surface area contributed by atoms with Crippen LogP contribution in [0.2, 0.25) is 0 Å². The highest BCUT2D eigenvalue weighted by atomic mass is 19.2. The molecule has 0 aliphatic rings. The van der Waals surface area contributed by atoms with E-state index in [2.05, 4.69) is 4.98 Å². The lowest BCUT2D eigenvalue weighted by Gasteiger charge is -2.09. The SMILES string of the molecule is O=C(/C=C/c1ccccc1OCc1cccnc1)c1ccc(F)c(F)c1. The van der Waals surface area contributed by atoms with Gasteiger partial charge in [0.25, 0.3) is 0 Å². The van der Waals surface area contributed by atoms with E-state index in [0.29, 0.717) is 17.9 Å². The van der Waals surface area contributed by atoms with Crippen molar-refractivity contribution < 1.29 is 18.3 Å². The molecule has 3 nitrogen and oxygen atoms in total. The lowest BCUT2D eigenvalue weighted by molar-refractivity contribution is 0.104. The van der Waals surface area contributed by atoms with Gasteiger partial charge < -0.3 is 4.74 Å². The summed E-state index contributed by atoms with van der Waals surface area (Å²) in [5, 5.41) is 0. The molecule has 26 heavy (non-hydrogen) atoms. The molecule has 0 atom stereocenters. The van der Waals surface area contributed by atoms with Crippen LogP contribution in [0.5, 0.6) is 5.75 Å². The Morgan fingerprint density at radius 3 is 2.65 bits per heavy atom. The zero-order valence-electron chi connectivity index (χ0n) is 13.7. The normalized spacial score (nSPS) is 10.8. The molecule has 3 rings (SSSR count). The first-order valence-corrected chi connectivity index (χ1v) is 7.91. The van der Waals surface area contributed by atoms with Crippen molar-refractivity contribution in [3.8, 4) is 5.75 Å². The highest BCUT2D eigenvalue weighted by molar-refractivity contribution is 6.06. The molecule has 0 saturated carbocycles. The second-order valence-electron chi connectivity index (χ2n) is 5.51. The van der Waals surface area contributed by atoms with Gasteiger partial charge in [-0.25, -0.2) is 8.78 Å². The van der Waals surface area contributed by atoms with Crippen molar-refractivity contribution >= 4 is 11.9 Å². The summed E-state index contributed by atoms with van der Waals surface area (Å²) >= 11 is 0. The van der Waals surface area contributed by atoms with Crippen LogP contribution in [0.15, 0.2) is 73.1 Å². The van der Waals surface area contributed by atoms with Gasteiger partial charge in [0.15, 0.2) is 17.4 Å². The molecule has 0 fully saturated rings. The van der Waals surface area contributed by atoms with E-state index in [-0.39, 0.29) is 5.56 Å². The van der Waals surface area contributed by atoms with Crippen LogP contribution in [0.1, 0.15) is 21.5 Å². The molecular formula is C21H15F2NO2. The molecule has 0 radical (unpaired) electrons. The third-order valence-corrected chi connectivity index (χ3v) is 3.65. The predicted octanol–water partition coefficient (Wildman–Crippen LogP) is 4.83. The maximum atomic E-state index is 13.3. The van der Waals surface area contributed by atoms with Crippen molar-refractivity contribution in [2.75, 3.05) is 0 Å². The van der Waals surface area contributed by atoms with Crippen molar-refractivity contribution in [1.29, 1.82) is 0 Å². The van der Waals surface area contributed by atoms with Crippen LogP contribution in [-0.2, 0) is 6.61 Å². The van der Waals surface area contributed by atoms with E-state index >= 15 is 0 Å². The Labute approximate surface area is 149 Å². The van der Waals surface area contributed by atoms with E-state index in [4.69, 9.17) is 4.74 Å². The summed E-state index contributed by atoms with van der Waals surface area (Å²) in [6.07, 6.45) is 6.29. The smallest absolute Gasteiger partial charge is 0.185 e. The second-order valence-corrected chi connectivity index (χ2v) is 5.51. The summed E-state index contributed by atoms with van der Waals surface area (Å²) in [4.78, 5) is 16.2. The number of allylic oxidation sites excluding steroid dienone is 1. The third-order valence-electron chi connectivity index (χ3n) is 3.65. The number of para-hydroxylation sites is 1. The fourth-order valence-corrected chi connectivity index (χ4v) is 2.31. The number of carbonyl (C=O) groups excluding carboxylic acids is 1. The Kier molecular flexibility index (Phi) is 5.49. The summed E-state index contributed by atoms with van der Waals surface area (Å²) < 4.78 is 32.0. The molecule has 2 aromatic carbocycles. The molecule has 0 bridgehead atoms. The average molecular weight is 351 g/mol. The van der Waals surface area contributed by atoms with Crippen LogP contribution >= 0.6 is 0 Å². The van der Waals surface area contributed by atoms with Gasteiger partial charge in [-0.15, -0.1) is 0 Å². The van der Waals surface area contributed by atoms with Gasteiger partial charge in [-0.2, -0.15) is 0 Å². The highest BCUT2D eigenvalue weighted by Crippen LogP contribution is 2.21. The number of nitrogens with zero attached hydrogens (tertiary/aromatic N) is 1. The highest BCUT2D eigenvalue weighted by Gasteiger charge is 2.08. The number of pyridine rings is 1. The summed E-state index contributed by atoms with van der Waals surface area (Å²) in [6.45, 7) is 0.343. The Morgan fingerprint density at radius 1 is 1.04 bits per heavy atom. The van der Waals surface area contributed by atoms with E-state index in [1.165, 1.54) is 12.1 Å². The quantitative estimate of drug-likeness (QED) is 0.471. The maximum absolute atomic E-state index is 13.3. The summed E-state index contributed by atoms with van der Waals surface area (Å²) in [6, 6.07) is 14.0. The minimum absolute atomic E-state index is 0.0777. The molecule has 1 aromatic heterocycles. The molecule has 0 aliphatic heterocycles. The van der Waals surface area contributed by atoms with Gasteiger partial charge in [-0.1, -0.05) is 24.3 Å². The van der Waals surface area contributed by atoms with Crippen molar-refractivity contribution in [2.45, 2.75) is 6.61 Å². The Bertz CT molecular complexity index is 940. The fourth-order valence-electron chi connectivity index (χ4n) is 2.31.